The zero-order valence-electron chi connectivity index (χ0n) is 20.8. The van der Waals surface area contributed by atoms with Gasteiger partial charge in [0.05, 0.1) is 11.0 Å². The lowest BCUT2D eigenvalue weighted by Crippen LogP contribution is -2.37. The zero-order chi connectivity index (χ0) is 23.7. The van der Waals surface area contributed by atoms with Gasteiger partial charge in [0.25, 0.3) is 0 Å². The minimum Gasteiger partial charge on any atom is -0.461 e. The molecule has 33 heavy (non-hydrogen) atoms. The number of nitrogens with zero attached hydrogens (tertiary/aromatic N) is 3. The maximum Gasteiger partial charge on any atom is 0.329 e. The predicted octanol–water partition coefficient (Wildman–Crippen LogP) is 6.33. The Morgan fingerprint density at radius 3 is 2.42 bits per heavy atom. The molecule has 5 nitrogen and oxygen atoms in total. The molecule has 0 bridgehead atoms. The third-order valence-electron chi connectivity index (χ3n) is 7.19. The summed E-state index contributed by atoms with van der Waals surface area (Å²) in [5, 5.41) is 0. The molecule has 1 aliphatic carbocycles. The summed E-state index contributed by atoms with van der Waals surface area (Å²) in [4.78, 5) is 20.5. The van der Waals surface area contributed by atoms with Gasteiger partial charge in [-0.2, -0.15) is 0 Å². The topological polar surface area (TPSA) is 47.4 Å². The summed E-state index contributed by atoms with van der Waals surface area (Å²) in [5.74, 6) is 2.14. The maximum atomic E-state index is 13.5. The summed E-state index contributed by atoms with van der Waals surface area (Å²) < 4.78 is 8.26. The van der Waals surface area contributed by atoms with Crippen molar-refractivity contribution in [3.63, 3.8) is 0 Å². The second-order valence-corrected chi connectivity index (χ2v) is 10.2. The van der Waals surface area contributed by atoms with Gasteiger partial charge in [-0.3, -0.25) is 0 Å². The molecule has 1 saturated carbocycles. The number of fused-ring (bicyclic) bond motifs is 1. The number of rotatable bonds is 6. The first kappa shape index (κ1) is 23.3. The van der Waals surface area contributed by atoms with Crippen LogP contribution in [-0.2, 0) is 9.53 Å². The molecular formula is C28H37N3O2. The van der Waals surface area contributed by atoms with Crippen LogP contribution in [0.3, 0.4) is 0 Å². The Morgan fingerprint density at radius 2 is 1.76 bits per heavy atom. The maximum absolute atomic E-state index is 13.5. The molecule has 0 radical (unpaired) electrons. The summed E-state index contributed by atoms with van der Waals surface area (Å²) in [6, 6.07) is 15.9. The van der Waals surface area contributed by atoms with Crippen LogP contribution in [0.15, 0.2) is 48.5 Å². The van der Waals surface area contributed by atoms with E-state index in [2.05, 4.69) is 49.9 Å². The summed E-state index contributed by atoms with van der Waals surface area (Å²) in [5.41, 5.74) is 3.95. The van der Waals surface area contributed by atoms with Crippen LogP contribution >= 0.6 is 0 Å². The number of anilines is 1. The molecule has 0 N–H and O–H groups in total. The molecule has 0 amide bonds. The minimum absolute atomic E-state index is 0.0127. The molecule has 2 aromatic carbocycles. The molecule has 0 unspecified atom stereocenters. The number of hydrogen-bond acceptors (Lipinski definition) is 4. The average Bonchev–Trinajstić information content (AvgIpc) is 3.18. The Hall–Kier alpha value is -2.82. The van der Waals surface area contributed by atoms with Crippen molar-refractivity contribution in [2.24, 2.45) is 17.8 Å². The van der Waals surface area contributed by atoms with Crippen LogP contribution in [0.1, 0.15) is 53.0 Å². The molecule has 4 rings (SSSR count). The van der Waals surface area contributed by atoms with Gasteiger partial charge in [0.15, 0.2) is 0 Å². The standard InChI is InChI=1S/C28H37N3O2/c1-18(2)23-16-11-19(3)17-26(23)33-28(32)20(4)31-25-10-8-7-9-24(25)29-27(31)21-12-14-22(15-13-21)30(5)6/h7-10,12-15,18-20,23,26H,11,16-17H2,1-6H3/t19-,20-,23+,26-/m1/s1. The van der Waals surface area contributed by atoms with Gasteiger partial charge in [0, 0.05) is 25.3 Å². The van der Waals surface area contributed by atoms with Crippen molar-refractivity contribution in [3.05, 3.63) is 48.5 Å². The molecule has 1 fully saturated rings. The highest BCUT2D eigenvalue weighted by atomic mass is 16.5. The lowest BCUT2D eigenvalue weighted by Gasteiger charge is -2.37. The molecule has 0 aliphatic heterocycles. The molecule has 0 saturated heterocycles. The molecular weight excluding hydrogens is 410 g/mol. The van der Waals surface area contributed by atoms with E-state index in [0.29, 0.717) is 17.8 Å². The van der Waals surface area contributed by atoms with E-state index in [1.807, 2.05) is 49.9 Å². The first-order valence-corrected chi connectivity index (χ1v) is 12.2. The number of imidazole rings is 1. The van der Waals surface area contributed by atoms with Crippen molar-refractivity contribution in [1.29, 1.82) is 0 Å². The summed E-state index contributed by atoms with van der Waals surface area (Å²) in [6.07, 6.45) is 3.28. The molecule has 5 heteroatoms. The van der Waals surface area contributed by atoms with E-state index in [4.69, 9.17) is 9.72 Å². The summed E-state index contributed by atoms with van der Waals surface area (Å²) in [6.45, 7) is 8.68. The fraction of sp³-hybridized carbons (Fsp3) is 0.500. The van der Waals surface area contributed by atoms with Crippen LogP contribution in [0.25, 0.3) is 22.4 Å². The SMILES string of the molecule is CC(C)[C@@H]1CC[C@@H](C)C[C@H]1OC(=O)[C@@H](C)n1c(-c2ccc(N(C)C)cc2)nc2ccccc21. The van der Waals surface area contributed by atoms with Gasteiger partial charge in [0.2, 0.25) is 0 Å². The Balaban J connectivity index is 1.68. The number of para-hydroxylation sites is 2. The van der Waals surface area contributed by atoms with E-state index >= 15 is 0 Å². The van der Waals surface area contributed by atoms with E-state index in [1.165, 1.54) is 6.42 Å². The Bertz CT molecular complexity index is 1100. The first-order chi connectivity index (χ1) is 15.8. The van der Waals surface area contributed by atoms with Crippen molar-refractivity contribution in [3.8, 4) is 11.4 Å². The van der Waals surface area contributed by atoms with Crippen molar-refractivity contribution < 1.29 is 9.53 Å². The van der Waals surface area contributed by atoms with Gasteiger partial charge >= 0.3 is 5.97 Å². The van der Waals surface area contributed by atoms with Gasteiger partial charge in [0.1, 0.15) is 18.0 Å². The Morgan fingerprint density at radius 1 is 1.06 bits per heavy atom. The van der Waals surface area contributed by atoms with Crippen LogP contribution in [-0.4, -0.2) is 35.7 Å². The van der Waals surface area contributed by atoms with E-state index in [1.54, 1.807) is 0 Å². The summed E-state index contributed by atoms with van der Waals surface area (Å²) in [7, 11) is 4.05. The van der Waals surface area contributed by atoms with Gasteiger partial charge in [-0.05, 0) is 73.9 Å². The fourth-order valence-electron chi connectivity index (χ4n) is 5.15. The number of benzene rings is 2. The highest BCUT2D eigenvalue weighted by Gasteiger charge is 2.35. The monoisotopic (exact) mass is 447 g/mol. The second kappa shape index (κ2) is 9.58. The second-order valence-electron chi connectivity index (χ2n) is 10.2. The van der Waals surface area contributed by atoms with Gasteiger partial charge in [-0.1, -0.05) is 39.3 Å². The number of carbonyl (C=O) groups is 1. The third-order valence-corrected chi connectivity index (χ3v) is 7.19. The minimum atomic E-state index is -0.467. The van der Waals surface area contributed by atoms with E-state index in [9.17, 15) is 4.79 Å². The quantitative estimate of drug-likeness (QED) is 0.414. The molecule has 1 heterocycles. The molecule has 4 atom stereocenters. The first-order valence-electron chi connectivity index (χ1n) is 12.2. The van der Waals surface area contributed by atoms with Crippen LogP contribution in [0, 0.1) is 17.8 Å². The molecule has 1 aromatic heterocycles. The number of hydrogen-bond donors (Lipinski definition) is 0. The van der Waals surface area contributed by atoms with Crippen molar-refractivity contribution >= 4 is 22.7 Å². The largest absolute Gasteiger partial charge is 0.461 e. The average molecular weight is 448 g/mol. The van der Waals surface area contributed by atoms with Gasteiger partial charge < -0.3 is 14.2 Å². The molecule has 3 aromatic rings. The van der Waals surface area contributed by atoms with Crippen LogP contribution in [0.4, 0.5) is 5.69 Å². The zero-order valence-corrected chi connectivity index (χ0v) is 20.8. The number of carbonyl (C=O) groups excluding carboxylic acids is 1. The van der Waals surface area contributed by atoms with Gasteiger partial charge in [-0.15, -0.1) is 0 Å². The van der Waals surface area contributed by atoms with Crippen LogP contribution in [0.5, 0.6) is 0 Å². The number of ether oxygens (including phenoxy) is 1. The third kappa shape index (κ3) is 4.78. The number of aromatic nitrogens is 2. The lowest BCUT2D eigenvalue weighted by atomic mass is 9.75. The van der Waals surface area contributed by atoms with Gasteiger partial charge in [-0.25, -0.2) is 9.78 Å². The lowest BCUT2D eigenvalue weighted by molar-refractivity contribution is -0.159. The van der Waals surface area contributed by atoms with Crippen molar-refractivity contribution in [2.75, 3.05) is 19.0 Å². The van der Waals surface area contributed by atoms with E-state index in [0.717, 1.165) is 41.0 Å². The molecule has 1 aliphatic rings. The summed E-state index contributed by atoms with van der Waals surface area (Å²) >= 11 is 0. The predicted molar refractivity (Wildman–Crippen MR) is 135 cm³/mol. The van der Waals surface area contributed by atoms with Crippen molar-refractivity contribution in [2.45, 2.75) is 59.1 Å². The Kier molecular flexibility index (Phi) is 6.78. The fourth-order valence-corrected chi connectivity index (χ4v) is 5.15. The number of esters is 1. The van der Waals surface area contributed by atoms with Crippen molar-refractivity contribution in [1.82, 2.24) is 9.55 Å². The smallest absolute Gasteiger partial charge is 0.329 e. The van der Waals surface area contributed by atoms with E-state index in [-0.39, 0.29) is 12.1 Å². The van der Waals surface area contributed by atoms with E-state index < -0.39 is 6.04 Å². The highest BCUT2D eigenvalue weighted by molar-refractivity contribution is 5.85. The van der Waals surface area contributed by atoms with Crippen LogP contribution < -0.4 is 4.90 Å². The highest BCUT2D eigenvalue weighted by Crippen LogP contribution is 2.37. The van der Waals surface area contributed by atoms with Crippen LogP contribution in [0.2, 0.25) is 0 Å². The molecule has 176 valence electrons. The Labute approximate surface area is 197 Å². The normalized spacial score (nSPS) is 21.8. The molecule has 0 spiro atoms.